The summed E-state index contributed by atoms with van der Waals surface area (Å²) in [4.78, 5) is 36.7. The van der Waals surface area contributed by atoms with E-state index in [-0.39, 0.29) is 18.6 Å². The van der Waals surface area contributed by atoms with Gasteiger partial charge in [0.2, 0.25) is 0 Å². The highest BCUT2D eigenvalue weighted by Crippen LogP contribution is 2.30. The third-order valence-corrected chi connectivity index (χ3v) is 4.62. The van der Waals surface area contributed by atoms with Gasteiger partial charge in [0.1, 0.15) is 0 Å². The van der Waals surface area contributed by atoms with Crippen molar-refractivity contribution < 1.29 is 28.6 Å². The van der Waals surface area contributed by atoms with Crippen molar-refractivity contribution in [1.29, 1.82) is 0 Å². The molecule has 1 heterocycles. The normalized spacial score (nSPS) is 13.7. The number of rotatable bonds is 7. The van der Waals surface area contributed by atoms with Crippen LogP contribution in [0.3, 0.4) is 0 Å². The molecular formula is C23H25NO6. The van der Waals surface area contributed by atoms with Crippen molar-refractivity contribution in [3.05, 3.63) is 53.6 Å². The molecule has 0 radical (unpaired) electrons. The molecule has 0 spiro atoms. The number of benzene rings is 2. The Morgan fingerprint density at radius 1 is 1.00 bits per heavy atom. The van der Waals surface area contributed by atoms with E-state index in [2.05, 4.69) is 5.32 Å². The molecule has 0 aromatic heterocycles. The molecule has 2 aromatic rings. The molecule has 0 bridgehead atoms. The van der Waals surface area contributed by atoms with E-state index in [0.29, 0.717) is 36.0 Å². The number of Topliss-reactive ketones (excluding diaryl/α,β-unsaturated/α-hetero) is 1. The lowest BCUT2D eigenvalue weighted by Crippen LogP contribution is -2.30. The van der Waals surface area contributed by atoms with Crippen LogP contribution in [0.4, 0.5) is 5.69 Å². The molecule has 1 amide bonds. The maximum absolute atomic E-state index is 12.4. The van der Waals surface area contributed by atoms with Gasteiger partial charge in [-0.05, 0) is 44.2 Å². The van der Waals surface area contributed by atoms with Crippen LogP contribution in [0.25, 0.3) is 0 Å². The Kier molecular flexibility index (Phi) is 7.06. The van der Waals surface area contributed by atoms with Gasteiger partial charge >= 0.3 is 5.97 Å². The number of ketones is 1. The van der Waals surface area contributed by atoms with E-state index in [0.717, 1.165) is 12.0 Å². The summed E-state index contributed by atoms with van der Waals surface area (Å²) in [5, 5.41) is 2.69. The molecule has 1 aliphatic rings. The van der Waals surface area contributed by atoms with E-state index < -0.39 is 18.0 Å². The fourth-order valence-electron chi connectivity index (χ4n) is 2.89. The quantitative estimate of drug-likeness (QED) is 0.552. The molecule has 0 saturated carbocycles. The Labute approximate surface area is 175 Å². The molecule has 1 aliphatic heterocycles. The Bertz CT molecular complexity index is 922. The van der Waals surface area contributed by atoms with Crippen molar-refractivity contribution in [2.75, 3.05) is 18.5 Å². The summed E-state index contributed by atoms with van der Waals surface area (Å²) in [5.74, 6) is -0.107. The first-order chi connectivity index (χ1) is 14.4. The number of fused-ring (bicyclic) bond motifs is 1. The highest BCUT2D eigenvalue weighted by atomic mass is 16.5. The molecule has 30 heavy (non-hydrogen) atoms. The average molecular weight is 411 g/mol. The Morgan fingerprint density at radius 2 is 1.70 bits per heavy atom. The first-order valence-corrected chi connectivity index (χ1v) is 9.92. The highest BCUT2D eigenvalue weighted by molar-refractivity contribution is 5.98. The maximum atomic E-state index is 12.4. The third-order valence-electron chi connectivity index (χ3n) is 4.62. The van der Waals surface area contributed by atoms with Gasteiger partial charge in [-0.2, -0.15) is 0 Å². The zero-order valence-electron chi connectivity index (χ0n) is 17.1. The van der Waals surface area contributed by atoms with Crippen molar-refractivity contribution in [1.82, 2.24) is 0 Å². The predicted octanol–water partition coefficient (Wildman–Crippen LogP) is 3.69. The highest BCUT2D eigenvalue weighted by Gasteiger charge is 2.20. The predicted molar refractivity (Wildman–Crippen MR) is 111 cm³/mol. The van der Waals surface area contributed by atoms with Crippen molar-refractivity contribution in [2.24, 2.45) is 0 Å². The van der Waals surface area contributed by atoms with Crippen LogP contribution in [0.2, 0.25) is 0 Å². The van der Waals surface area contributed by atoms with Gasteiger partial charge in [0.05, 0.1) is 19.6 Å². The van der Waals surface area contributed by atoms with Crippen LogP contribution < -0.4 is 14.8 Å². The molecule has 158 valence electrons. The summed E-state index contributed by atoms with van der Waals surface area (Å²) in [6.45, 7) is 4.54. The zero-order valence-corrected chi connectivity index (χ0v) is 17.1. The van der Waals surface area contributed by atoms with Crippen molar-refractivity contribution >= 4 is 23.3 Å². The molecule has 7 heteroatoms. The molecule has 0 unspecified atom stereocenters. The lowest BCUT2D eigenvalue weighted by atomic mass is 10.1. The Hall–Kier alpha value is -3.35. The zero-order chi connectivity index (χ0) is 21.5. The minimum atomic E-state index is -0.966. The molecular weight excluding hydrogens is 386 g/mol. The fraction of sp³-hybridized carbons (Fsp3) is 0.348. The van der Waals surface area contributed by atoms with Crippen LogP contribution >= 0.6 is 0 Å². The topological polar surface area (TPSA) is 90.9 Å². The summed E-state index contributed by atoms with van der Waals surface area (Å²) >= 11 is 0. The molecule has 0 saturated heterocycles. The number of ether oxygens (including phenoxy) is 3. The number of hydrogen-bond donors (Lipinski definition) is 1. The number of hydrogen-bond acceptors (Lipinski definition) is 6. The number of carbonyl (C=O) groups is 3. The molecule has 7 nitrogen and oxygen atoms in total. The van der Waals surface area contributed by atoms with Crippen LogP contribution in [0, 0.1) is 6.92 Å². The molecule has 2 aromatic carbocycles. The van der Waals surface area contributed by atoms with Gasteiger partial charge in [-0.25, -0.2) is 0 Å². The third kappa shape index (κ3) is 5.83. The van der Waals surface area contributed by atoms with E-state index in [1.54, 1.807) is 30.3 Å². The fourth-order valence-corrected chi connectivity index (χ4v) is 2.89. The first kappa shape index (κ1) is 21.4. The van der Waals surface area contributed by atoms with Gasteiger partial charge in [0.25, 0.3) is 5.91 Å². The number of carbonyl (C=O) groups excluding carboxylic acids is 3. The van der Waals surface area contributed by atoms with Gasteiger partial charge in [0.15, 0.2) is 23.4 Å². The van der Waals surface area contributed by atoms with Crippen LogP contribution in [0.5, 0.6) is 11.5 Å². The van der Waals surface area contributed by atoms with Crippen molar-refractivity contribution in [2.45, 2.75) is 39.2 Å². The second-order valence-corrected chi connectivity index (χ2v) is 7.12. The van der Waals surface area contributed by atoms with Crippen LogP contribution in [-0.4, -0.2) is 37.0 Å². The largest absolute Gasteiger partial charge is 0.490 e. The molecule has 1 N–H and O–H groups in total. The standard InChI is InChI=1S/C23H25NO6/c1-15-4-7-18(8-5-15)24-23(27)16(2)30-22(26)11-9-19(25)17-6-10-20-21(14-17)29-13-3-12-28-20/h4-8,10,14,16H,3,9,11-13H2,1-2H3,(H,24,27)/t16-/m0/s1. The monoisotopic (exact) mass is 411 g/mol. The minimum absolute atomic E-state index is 0.0230. The number of nitrogens with one attached hydrogen (secondary N) is 1. The van der Waals surface area contributed by atoms with Gasteiger partial charge in [0, 0.05) is 24.1 Å². The lowest BCUT2D eigenvalue weighted by Gasteiger charge is -2.13. The van der Waals surface area contributed by atoms with Gasteiger partial charge in [-0.15, -0.1) is 0 Å². The van der Waals surface area contributed by atoms with E-state index in [1.165, 1.54) is 6.92 Å². The van der Waals surface area contributed by atoms with Gasteiger partial charge < -0.3 is 19.5 Å². The second-order valence-electron chi connectivity index (χ2n) is 7.12. The van der Waals surface area contributed by atoms with Crippen LogP contribution in [0.15, 0.2) is 42.5 Å². The minimum Gasteiger partial charge on any atom is -0.490 e. The van der Waals surface area contributed by atoms with E-state index >= 15 is 0 Å². The summed E-state index contributed by atoms with van der Waals surface area (Å²) in [6, 6.07) is 12.3. The smallest absolute Gasteiger partial charge is 0.307 e. The van der Waals surface area contributed by atoms with E-state index in [1.807, 2.05) is 19.1 Å². The molecule has 1 atom stereocenters. The molecule has 0 fully saturated rings. The average Bonchev–Trinajstić information content (AvgIpc) is 2.98. The van der Waals surface area contributed by atoms with Crippen molar-refractivity contribution in [3.8, 4) is 11.5 Å². The van der Waals surface area contributed by atoms with E-state index in [9.17, 15) is 14.4 Å². The number of amides is 1. The Balaban J connectivity index is 1.47. The number of anilines is 1. The summed E-state index contributed by atoms with van der Waals surface area (Å²) in [7, 11) is 0. The van der Waals surface area contributed by atoms with Gasteiger partial charge in [-0.3, -0.25) is 14.4 Å². The molecule has 3 rings (SSSR count). The maximum Gasteiger partial charge on any atom is 0.307 e. The van der Waals surface area contributed by atoms with Crippen LogP contribution in [-0.2, 0) is 14.3 Å². The lowest BCUT2D eigenvalue weighted by molar-refractivity contribution is -0.153. The second kappa shape index (κ2) is 9.91. The van der Waals surface area contributed by atoms with Crippen molar-refractivity contribution in [3.63, 3.8) is 0 Å². The summed E-state index contributed by atoms with van der Waals surface area (Å²) in [5.41, 5.74) is 2.14. The SMILES string of the molecule is Cc1ccc(NC(=O)[C@H](C)OC(=O)CCC(=O)c2ccc3c(c2)OCCCO3)cc1. The van der Waals surface area contributed by atoms with E-state index in [4.69, 9.17) is 14.2 Å². The summed E-state index contributed by atoms with van der Waals surface area (Å²) in [6.07, 6.45) is -0.327. The molecule has 0 aliphatic carbocycles. The van der Waals surface area contributed by atoms with Crippen LogP contribution in [0.1, 0.15) is 42.1 Å². The Morgan fingerprint density at radius 3 is 2.43 bits per heavy atom. The number of esters is 1. The first-order valence-electron chi connectivity index (χ1n) is 9.92. The van der Waals surface area contributed by atoms with Gasteiger partial charge in [-0.1, -0.05) is 17.7 Å². The summed E-state index contributed by atoms with van der Waals surface area (Å²) < 4.78 is 16.3. The number of aryl methyl sites for hydroxylation is 1.